The second-order valence-corrected chi connectivity index (χ2v) is 12.0. The van der Waals surface area contributed by atoms with Crippen LogP contribution in [-0.2, 0) is 14.9 Å². The molecular formula is C26H30Cl2N2O5. The molecule has 1 aromatic carbocycles. The van der Waals surface area contributed by atoms with Gasteiger partial charge in [0.05, 0.1) is 10.0 Å². The van der Waals surface area contributed by atoms with Gasteiger partial charge in [-0.25, -0.2) is 9.59 Å². The van der Waals surface area contributed by atoms with Gasteiger partial charge in [0, 0.05) is 35.9 Å². The Kier molecular flexibility index (Phi) is 6.07. The molecule has 3 heterocycles. The number of rotatable bonds is 4. The van der Waals surface area contributed by atoms with Gasteiger partial charge in [0.2, 0.25) is 0 Å². The van der Waals surface area contributed by atoms with Crippen LogP contribution in [0.4, 0.5) is 4.79 Å². The minimum atomic E-state index is -0.556. The van der Waals surface area contributed by atoms with Gasteiger partial charge in [0.15, 0.2) is 5.76 Å². The molecule has 188 valence electrons. The maximum atomic E-state index is 13.6. The van der Waals surface area contributed by atoms with Crippen LogP contribution in [0.3, 0.4) is 0 Å². The lowest BCUT2D eigenvalue weighted by molar-refractivity contribution is -0.0227. The number of carbonyl (C=O) groups excluding carboxylic acids is 2. The number of carbonyl (C=O) groups is 2. The number of hydrogen-bond acceptors (Lipinski definition) is 6. The van der Waals surface area contributed by atoms with Crippen molar-refractivity contribution in [2.45, 2.75) is 95.4 Å². The molecule has 9 heteroatoms. The van der Waals surface area contributed by atoms with Crippen LogP contribution in [0.1, 0.15) is 82.3 Å². The molecule has 1 saturated carbocycles. The number of halogens is 2. The van der Waals surface area contributed by atoms with E-state index in [0.29, 0.717) is 45.5 Å². The van der Waals surface area contributed by atoms with Crippen LogP contribution in [0, 0.1) is 0 Å². The molecule has 3 atom stereocenters. The quantitative estimate of drug-likeness (QED) is 0.412. The van der Waals surface area contributed by atoms with Crippen LogP contribution in [0.5, 0.6) is 0 Å². The number of nitrogens with zero attached hydrogens (tertiary/aromatic N) is 2. The minimum absolute atomic E-state index is 0.0122. The van der Waals surface area contributed by atoms with E-state index in [1.807, 2.05) is 32.6 Å². The first kappa shape index (κ1) is 24.4. The summed E-state index contributed by atoms with van der Waals surface area (Å²) in [4.78, 5) is 28.2. The van der Waals surface area contributed by atoms with E-state index in [1.54, 1.807) is 18.2 Å². The maximum Gasteiger partial charge on any atom is 0.410 e. The summed E-state index contributed by atoms with van der Waals surface area (Å²) in [7, 11) is 0. The monoisotopic (exact) mass is 520 g/mol. The van der Waals surface area contributed by atoms with Gasteiger partial charge in [-0.1, -0.05) is 41.3 Å². The summed E-state index contributed by atoms with van der Waals surface area (Å²) in [6, 6.07) is 5.12. The molecule has 2 saturated heterocycles. The molecular weight excluding hydrogens is 491 g/mol. The maximum absolute atomic E-state index is 13.6. The third-order valence-electron chi connectivity index (χ3n) is 7.21. The molecule has 7 nitrogen and oxygen atoms in total. The Hall–Kier alpha value is -2.25. The van der Waals surface area contributed by atoms with Crippen molar-refractivity contribution >= 4 is 35.3 Å². The number of ether oxygens (including phenoxy) is 2. The smallest absolute Gasteiger partial charge is 0.410 e. The Morgan fingerprint density at radius 1 is 1.11 bits per heavy atom. The number of esters is 1. The van der Waals surface area contributed by atoms with Crippen LogP contribution >= 0.6 is 23.2 Å². The Morgan fingerprint density at radius 3 is 2.26 bits per heavy atom. The average Bonchev–Trinajstić information content (AvgIpc) is 3.23. The van der Waals surface area contributed by atoms with Gasteiger partial charge < -0.3 is 18.9 Å². The number of piperidine rings is 1. The Bertz CT molecular complexity index is 1130. The van der Waals surface area contributed by atoms with Crippen molar-refractivity contribution in [2.75, 3.05) is 0 Å². The summed E-state index contributed by atoms with van der Waals surface area (Å²) in [5.41, 5.74) is 0.248. The summed E-state index contributed by atoms with van der Waals surface area (Å²) in [6.07, 6.45) is 4.07. The van der Waals surface area contributed by atoms with Gasteiger partial charge in [0.1, 0.15) is 23.0 Å². The van der Waals surface area contributed by atoms with Gasteiger partial charge in [-0.3, -0.25) is 0 Å². The fraction of sp³-hybridized carbons (Fsp3) is 0.577. The second-order valence-electron chi connectivity index (χ2n) is 11.2. The molecule has 0 radical (unpaired) electrons. The van der Waals surface area contributed by atoms with E-state index in [0.717, 1.165) is 25.7 Å². The summed E-state index contributed by atoms with van der Waals surface area (Å²) in [5, 5.41) is 5.00. The number of aromatic nitrogens is 1. The van der Waals surface area contributed by atoms with Crippen molar-refractivity contribution in [1.82, 2.24) is 10.1 Å². The van der Waals surface area contributed by atoms with Crippen molar-refractivity contribution in [1.29, 1.82) is 0 Å². The molecule has 5 rings (SSSR count). The first-order valence-corrected chi connectivity index (χ1v) is 12.9. The molecule has 3 fully saturated rings. The van der Waals surface area contributed by atoms with Gasteiger partial charge in [-0.2, -0.15) is 0 Å². The molecule has 0 spiro atoms. The van der Waals surface area contributed by atoms with Crippen LogP contribution in [0.15, 0.2) is 22.7 Å². The van der Waals surface area contributed by atoms with Crippen LogP contribution in [0.25, 0.3) is 11.3 Å². The second kappa shape index (κ2) is 8.70. The summed E-state index contributed by atoms with van der Waals surface area (Å²) in [6.45, 7) is 7.63. The molecule has 1 unspecified atom stereocenters. The van der Waals surface area contributed by atoms with Crippen molar-refractivity contribution < 1.29 is 23.6 Å². The molecule has 0 N–H and O–H groups in total. The third-order valence-corrected chi connectivity index (χ3v) is 7.84. The van der Waals surface area contributed by atoms with Crippen LogP contribution in [0.2, 0.25) is 10.0 Å². The van der Waals surface area contributed by atoms with E-state index in [1.165, 1.54) is 0 Å². The molecule has 2 bridgehead atoms. The fourth-order valence-electron chi connectivity index (χ4n) is 5.25. The molecule has 2 aromatic rings. The normalized spacial score (nSPS) is 24.9. The lowest BCUT2D eigenvalue weighted by atomic mass is 9.97. The topological polar surface area (TPSA) is 81.9 Å². The van der Waals surface area contributed by atoms with Gasteiger partial charge in [0.25, 0.3) is 0 Å². The largest absolute Gasteiger partial charge is 0.458 e. The number of benzene rings is 1. The lowest BCUT2D eigenvalue weighted by Crippen LogP contribution is -2.50. The highest BCUT2D eigenvalue weighted by molar-refractivity contribution is 6.39. The van der Waals surface area contributed by atoms with E-state index < -0.39 is 11.6 Å². The standard InChI is InChI=1S/C26H30Cl2N2O5/c1-25(2,3)34-24(32)30-14-8-9-15(30)13-16(12-14)33-23(31)20-21(19-17(27)6-5-7-18(19)28)29-35-22(20)26(4)10-11-26/h5-7,14-16H,8-13H2,1-4H3/t14-,15?,16+/m0/s1. The molecule has 1 aliphatic carbocycles. The van der Waals surface area contributed by atoms with E-state index in [2.05, 4.69) is 5.16 Å². The first-order valence-electron chi connectivity index (χ1n) is 12.1. The summed E-state index contributed by atoms with van der Waals surface area (Å²) >= 11 is 12.9. The zero-order valence-corrected chi connectivity index (χ0v) is 21.9. The zero-order chi connectivity index (χ0) is 25.1. The number of hydrogen-bond donors (Lipinski definition) is 0. The number of amides is 1. The Labute approximate surface area is 215 Å². The minimum Gasteiger partial charge on any atom is -0.458 e. The van der Waals surface area contributed by atoms with Gasteiger partial charge >= 0.3 is 12.1 Å². The number of fused-ring (bicyclic) bond motifs is 2. The third kappa shape index (κ3) is 4.65. The van der Waals surface area contributed by atoms with Crippen LogP contribution < -0.4 is 0 Å². The highest BCUT2D eigenvalue weighted by Gasteiger charge is 2.49. The zero-order valence-electron chi connectivity index (χ0n) is 20.4. The van der Waals surface area contributed by atoms with Crippen molar-refractivity contribution in [3.8, 4) is 11.3 Å². The molecule has 1 amide bonds. The van der Waals surface area contributed by atoms with Gasteiger partial charge in [-0.05, 0) is 58.6 Å². The first-order chi connectivity index (χ1) is 16.5. The molecule has 1 aromatic heterocycles. The van der Waals surface area contributed by atoms with Crippen LogP contribution in [-0.4, -0.2) is 45.9 Å². The molecule has 3 aliphatic rings. The van der Waals surface area contributed by atoms with Crippen molar-refractivity contribution in [3.05, 3.63) is 39.6 Å². The highest BCUT2D eigenvalue weighted by Crippen LogP contribution is 2.51. The Balaban J connectivity index is 1.39. The van der Waals surface area contributed by atoms with E-state index >= 15 is 0 Å². The average molecular weight is 521 g/mol. The fourth-order valence-corrected chi connectivity index (χ4v) is 5.82. The van der Waals surface area contributed by atoms with Crippen molar-refractivity contribution in [3.63, 3.8) is 0 Å². The Morgan fingerprint density at radius 2 is 1.71 bits per heavy atom. The van der Waals surface area contributed by atoms with E-state index in [4.69, 9.17) is 37.2 Å². The summed E-state index contributed by atoms with van der Waals surface area (Å²) < 4.78 is 17.4. The predicted molar refractivity (Wildman–Crippen MR) is 132 cm³/mol. The summed E-state index contributed by atoms with van der Waals surface area (Å²) in [5.74, 6) is 0.0260. The molecule has 35 heavy (non-hydrogen) atoms. The van der Waals surface area contributed by atoms with Crippen molar-refractivity contribution in [2.24, 2.45) is 0 Å². The lowest BCUT2D eigenvalue weighted by Gasteiger charge is -2.39. The van der Waals surface area contributed by atoms with Gasteiger partial charge in [-0.15, -0.1) is 0 Å². The SMILES string of the molecule is CC(C)(C)OC(=O)N1C2CC[C@H]1C[C@@H](OC(=O)c1c(-c3c(Cl)cccc3Cl)noc1C1(C)CC1)C2. The molecule has 2 aliphatic heterocycles. The predicted octanol–water partition coefficient (Wildman–Crippen LogP) is 6.79. The highest BCUT2D eigenvalue weighted by atomic mass is 35.5. The van der Waals surface area contributed by atoms with E-state index in [-0.39, 0.29) is 29.7 Å². The van der Waals surface area contributed by atoms with E-state index in [9.17, 15) is 9.59 Å².